The first-order valence-corrected chi connectivity index (χ1v) is 15.5. The van der Waals surface area contributed by atoms with Crippen molar-refractivity contribution in [1.29, 1.82) is 0 Å². The molecule has 0 bridgehead atoms. The van der Waals surface area contributed by atoms with E-state index in [1.165, 1.54) is 10.9 Å². The molecule has 1 heterocycles. The van der Waals surface area contributed by atoms with E-state index >= 15 is 0 Å². The molecule has 0 unspecified atom stereocenters. The summed E-state index contributed by atoms with van der Waals surface area (Å²) < 4.78 is 6.47. The Balaban J connectivity index is 1.39. The maximum Gasteiger partial charge on any atom is 0.313 e. The molecule has 0 saturated heterocycles. The van der Waals surface area contributed by atoms with Gasteiger partial charge in [0.2, 0.25) is 11.8 Å². The smallest absolute Gasteiger partial charge is 0.313 e. The van der Waals surface area contributed by atoms with Crippen LogP contribution in [0.4, 0.5) is 5.69 Å². The molecule has 5 rings (SSSR count). The summed E-state index contributed by atoms with van der Waals surface area (Å²) in [4.78, 5) is 52.5. The van der Waals surface area contributed by atoms with Gasteiger partial charge in [0.05, 0.1) is 31.7 Å². The van der Waals surface area contributed by atoms with Gasteiger partial charge in [-0.25, -0.2) is 4.68 Å². The van der Waals surface area contributed by atoms with E-state index in [-0.39, 0.29) is 31.0 Å². The fourth-order valence-electron chi connectivity index (χ4n) is 5.36. The highest BCUT2D eigenvalue weighted by Gasteiger charge is 2.30. The average Bonchev–Trinajstić information content (AvgIpc) is 3.08. The van der Waals surface area contributed by atoms with Crippen LogP contribution in [0.2, 0.25) is 0 Å². The number of methoxy groups -OCH3 is 1. The minimum Gasteiger partial charge on any atom is -0.497 e. The number of aliphatic carboxylic acids is 1. The number of carboxylic acid groups (broad SMARTS) is 1. The molecule has 246 valence electrons. The van der Waals surface area contributed by atoms with Crippen molar-refractivity contribution in [3.63, 3.8) is 0 Å². The van der Waals surface area contributed by atoms with E-state index in [0.29, 0.717) is 22.4 Å². The molecule has 1 aromatic heterocycles. The van der Waals surface area contributed by atoms with Gasteiger partial charge < -0.3 is 20.5 Å². The van der Waals surface area contributed by atoms with Crippen LogP contribution in [0.15, 0.2) is 102 Å². The van der Waals surface area contributed by atoms with Crippen LogP contribution in [-0.4, -0.2) is 45.8 Å². The van der Waals surface area contributed by atoms with Crippen LogP contribution in [0, 0.1) is 6.92 Å². The normalized spacial score (nSPS) is 11.9. The van der Waals surface area contributed by atoms with E-state index in [0.717, 1.165) is 21.9 Å². The molecule has 1 atom stereocenters. The third kappa shape index (κ3) is 7.78. The molecule has 4 aromatic carbocycles. The van der Waals surface area contributed by atoms with Crippen LogP contribution in [0.5, 0.6) is 5.75 Å². The molecule has 10 nitrogen and oxygen atoms in total. The highest BCUT2D eigenvalue weighted by atomic mass is 16.5. The molecule has 0 radical (unpaired) electrons. The Morgan fingerprint density at radius 1 is 0.896 bits per heavy atom. The Morgan fingerprint density at radius 2 is 1.54 bits per heavy atom. The Bertz CT molecular complexity index is 2020. The van der Waals surface area contributed by atoms with Gasteiger partial charge in [0, 0.05) is 6.42 Å². The van der Waals surface area contributed by atoms with Crippen molar-refractivity contribution in [2.45, 2.75) is 51.6 Å². The summed E-state index contributed by atoms with van der Waals surface area (Å²) in [6.45, 7) is 5.09. The lowest BCUT2D eigenvalue weighted by Crippen LogP contribution is -2.46. The number of carboxylic acids is 1. The monoisotopic (exact) mass is 646 g/mol. The molecule has 0 spiro atoms. The molecule has 0 fully saturated rings. The molecular weight excluding hydrogens is 608 g/mol. The fourth-order valence-corrected chi connectivity index (χ4v) is 5.36. The van der Waals surface area contributed by atoms with Crippen molar-refractivity contribution in [1.82, 2.24) is 15.1 Å². The number of aromatic nitrogens is 2. The van der Waals surface area contributed by atoms with Crippen molar-refractivity contribution in [3.8, 4) is 5.75 Å². The largest absolute Gasteiger partial charge is 0.497 e. The lowest BCUT2D eigenvalue weighted by molar-refractivity contribution is -0.142. The lowest BCUT2D eigenvalue weighted by atomic mass is 9.84. The summed E-state index contributed by atoms with van der Waals surface area (Å²) in [6, 6.07) is 26.7. The van der Waals surface area contributed by atoms with Crippen LogP contribution >= 0.6 is 0 Å². The quantitative estimate of drug-likeness (QED) is 0.173. The van der Waals surface area contributed by atoms with E-state index in [4.69, 9.17) is 4.74 Å². The van der Waals surface area contributed by atoms with Gasteiger partial charge in [0.1, 0.15) is 17.5 Å². The van der Waals surface area contributed by atoms with E-state index in [1.54, 1.807) is 64.3 Å². The van der Waals surface area contributed by atoms with Crippen LogP contribution in [-0.2, 0) is 39.2 Å². The molecular formula is C38H38N4O6. The summed E-state index contributed by atoms with van der Waals surface area (Å²) in [5.41, 5.74) is 1.86. The molecule has 0 aliphatic carbocycles. The number of hydrogen-bond acceptors (Lipinski definition) is 6. The topological polar surface area (TPSA) is 140 Å². The van der Waals surface area contributed by atoms with Crippen molar-refractivity contribution < 1.29 is 24.2 Å². The highest BCUT2D eigenvalue weighted by Crippen LogP contribution is 2.24. The Morgan fingerprint density at radius 3 is 2.21 bits per heavy atom. The maximum absolute atomic E-state index is 13.9. The molecule has 5 aromatic rings. The Hall–Kier alpha value is -5.77. The van der Waals surface area contributed by atoms with Crippen LogP contribution < -0.4 is 20.9 Å². The first kappa shape index (κ1) is 33.6. The predicted octanol–water partition coefficient (Wildman–Crippen LogP) is 5.03. The number of aryl methyl sites for hydroxylation is 1. The summed E-state index contributed by atoms with van der Waals surface area (Å²) >= 11 is 0. The number of carbonyl (C=O) groups is 3. The molecule has 0 saturated carbocycles. The fraction of sp³-hybridized carbons (Fsp3) is 0.237. The Kier molecular flexibility index (Phi) is 10.0. The van der Waals surface area contributed by atoms with Gasteiger partial charge in [0.15, 0.2) is 0 Å². The van der Waals surface area contributed by atoms with Gasteiger partial charge in [-0.15, -0.1) is 0 Å². The number of amides is 2. The maximum atomic E-state index is 13.9. The zero-order valence-corrected chi connectivity index (χ0v) is 27.3. The first-order chi connectivity index (χ1) is 22.9. The zero-order valence-electron chi connectivity index (χ0n) is 27.3. The molecule has 48 heavy (non-hydrogen) atoms. The number of rotatable bonds is 12. The second kappa shape index (κ2) is 14.3. The molecule has 0 aliphatic heterocycles. The van der Waals surface area contributed by atoms with E-state index in [9.17, 15) is 24.3 Å². The van der Waals surface area contributed by atoms with Crippen molar-refractivity contribution >= 4 is 34.2 Å². The van der Waals surface area contributed by atoms with Crippen molar-refractivity contribution in [2.75, 3.05) is 12.4 Å². The summed E-state index contributed by atoms with van der Waals surface area (Å²) in [5, 5.41) is 21.6. The number of nitrogens with zero attached hydrogens (tertiary/aromatic N) is 2. The number of carbonyl (C=O) groups excluding carboxylic acids is 2. The van der Waals surface area contributed by atoms with E-state index < -0.39 is 28.9 Å². The van der Waals surface area contributed by atoms with Crippen LogP contribution in [0.1, 0.15) is 41.7 Å². The summed E-state index contributed by atoms with van der Waals surface area (Å²) in [7, 11) is 1.57. The predicted molar refractivity (Wildman–Crippen MR) is 184 cm³/mol. The third-order valence-corrected chi connectivity index (χ3v) is 8.45. The standard InChI is InChI=1S/C38H38N4O6/c1-24-22-39-42(23-26-12-17-31(48-4)18-13-26)36(45)34(24)41-35(44)32(20-25-10-15-30(16-11-25)38(2,3)37(46)47)40-33(43)21-27-9-14-28-7-5-6-8-29(28)19-27/h5-19,22,32H,20-21,23H2,1-4H3,(H,40,43)(H,41,44)(H,46,47)/t32-/m0/s1. The number of benzene rings is 4. The van der Waals surface area contributed by atoms with Crippen LogP contribution in [0.25, 0.3) is 10.8 Å². The molecule has 3 N–H and O–H groups in total. The van der Waals surface area contributed by atoms with Crippen molar-refractivity contribution in [2.24, 2.45) is 0 Å². The number of nitrogens with one attached hydrogen (secondary N) is 2. The average molecular weight is 647 g/mol. The van der Waals surface area contributed by atoms with E-state index in [1.807, 2.05) is 54.6 Å². The molecule has 10 heteroatoms. The van der Waals surface area contributed by atoms with Crippen molar-refractivity contribution in [3.05, 3.63) is 135 Å². The van der Waals surface area contributed by atoms with Gasteiger partial charge in [-0.3, -0.25) is 19.2 Å². The van der Waals surface area contributed by atoms with Gasteiger partial charge in [0.25, 0.3) is 5.56 Å². The Labute approximate surface area is 278 Å². The second-order valence-corrected chi connectivity index (χ2v) is 12.3. The lowest BCUT2D eigenvalue weighted by Gasteiger charge is -2.22. The number of anilines is 1. The molecule has 0 aliphatic rings. The third-order valence-electron chi connectivity index (χ3n) is 8.45. The summed E-state index contributed by atoms with van der Waals surface area (Å²) in [5.74, 6) is -1.21. The van der Waals surface area contributed by atoms with Gasteiger partial charge in [-0.1, -0.05) is 78.9 Å². The SMILES string of the molecule is COc1ccc(Cn2ncc(C)c(NC(=O)[C@H](Cc3ccc(C(C)(C)C(=O)O)cc3)NC(=O)Cc3ccc4ccccc4c3)c2=O)cc1. The van der Waals surface area contributed by atoms with E-state index in [2.05, 4.69) is 15.7 Å². The van der Waals surface area contributed by atoms with Gasteiger partial charge >= 0.3 is 5.97 Å². The number of hydrogen-bond donors (Lipinski definition) is 3. The minimum atomic E-state index is -1.10. The highest BCUT2D eigenvalue weighted by molar-refractivity contribution is 5.98. The summed E-state index contributed by atoms with van der Waals surface area (Å²) in [6.07, 6.45) is 1.66. The second-order valence-electron chi connectivity index (χ2n) is 12.3. The number of ether oxygens (including phenoxy) is 1. The zero-order chi connectivity index (χ0) is 34.4. The first-order valence-electron chi connectivity index (χ1n) is 15.5. The van der Waals surface area contributed by atoms with Gasteiger partial charge in [-0.05, 0) is 71.5 Å². The minimum absolute atomic E-state index is 0.0449. The molecule has 2 amide bonds. The van der Waals surface area contributed by atoms with Gasteiger partial charge in [-0.2, -0.15) is 5.10 Å². The van der Waals surface area contributed by atoms with Crippen LogP contribution in [0.3, 0.4) is 0 Å². The number of fused-ring (bicyclic) bond motifs is 1.